The fourth-order valence-electron chi connectivity index (χ4n) is 6.51. The summed E-state index contributed by atoms with van der Waals surface area (Å²) < 4.78 is 24.1. The number of allylic oxidation sites excluding steroid dienone is 3. The molecule has 3 aliphatic heterocycles. The fraction of sp³-hybridized carbons (Fsp3) is 0.457. The SMILES string of the molecule is CCOC(=O)C1=CC(=C2CCC(=O)C(c3ccc4c(c3)=CCN=4)C2)c2c(OCCCO)c3c(c(CO)c2O1)OC(C(C)(C)O)C3. The highest BCUT2D eigenvalue weighted by Crippen LogP contribution is 2.55. The lowest BCUT2D eigenvalue weighted by Crippen LogP contribution is -2.39. The Balaban J connectivity index is 1.55. The average molecular weight is 618 g/mol. The number of benzene rings is 2. The Hall–Kier alpha value is -3.99. The molecular weight excluding hydrogens is 578 g/mol. The van der Waals surface area contributed by atoms with Gasteiger partial charge in [-0.3, -0.25) is 9.79 Å². The standard InChI is InChI=1S/C35H39NO9/c1-4-42-34(40)28-16-23(20-7-9-27(39)22(15-20)19-6-8-26-21(14-19)10-11-36-26)30-32(43-13-5-12-37)24-17-29(35(2,3)41)45-31(24)25(18-38)33(30)44-28/h6,8,10,14,16,22,29,37-38,41H,4-5,7,9,11-13,15,17-18H2,1-3H3. The molecular formula is C35H39NO9. The van der Waals surface area contributed by atoms with Gasteiger partial charge in [-0.15, -0.1) is 0 Å². The topological polar surface area (TPSA) is 144 Å². The Labute approximate surface area is 261 Å². The highest BCUT2D eigenvalue weighted by atomic mass is 16.6. The monoisotopic (exact) mass is 617 g/mol. The fourth-order valence-corrected chi connectivity index (χ4v) is 6.51. The van der Waals surface area contributed by atoms with E-state index >= 15 is 0 Å². The van der Waals surface area contributed by atoms with Gasteiger partial charge < -0.3 is 34.3 Å². The molecule has 1 aliphatic carbocycles. The van der Waals surface area contributed by atoms with Crippen LogP contribution in [0.5, 0.6) is 17.2 Å². The summed E-state index contributed by atoms with van der Waals surface area (Å²) in [5.41, 5.74) is 2.86. The third-order valence-electron chi connectivity index (χ3n) is 8.85. The minimum Gasteiger partial charge on any atom is -0.492 e. The van der Waals surface area contributed by atoms with Crippen molar-refractivity contribution in [2.45, 2.75) is 77.1 Å². The van der Waals surface area contributed by atoms with Crippen molar-refractivity contribution in [1.29, 1.82) is 0 Å². The molecule has 3 N–H and O–H groups in total. The van der Waals surface area contributed by atoms with Gasteiger partial charge in [0, 0.05) is 37.4 Å². The minimum atomic E-state index is -1.21. The molecule has 0 saturated heterocycles. The number of fused-ring (bicyclic) bond motifs is 3. The van der Waals surface area contributed by atoms with Crippen molar-refractivity contribution in [3.8, 4) is 17.2 Å². The Morgan fingerprint density at radius 3 is 2.71 bits per heavy atom. The lowest BCUT2D eigenvalue weighted by Gasteiger charge is -2.30. The van der Waals surface area contributed by atoms with Gasteiger partial charge in [0.2, 0.25) is 5.76 Å². The molecule has 0 bridgehead atoms. The van der Waals surface area contributed by atoms with Gasteiger partial charge in [-0.2, -0.15) is 0 Å². The van der Waals surface area contributed by atoms with Crippen LogP contribution in [0.3, 0.4) is 0 Å². The Kier molecular flexibility index (Phi) is 8.56. The summed E-state index contributed by atoms with van der Waals surface area (Å²) >= 11 is 0. The first kappa shape index (κ1) is 31.0. The van der Waals surface area contributed by atoms with Crippen molar-refractivity contribution in [3.63, 3.8) is 0 Å². The van der Waals surface area contributed by atoms with E-state index in [1.54, 1.807) is 26.8 Å². The van der Waals surface area contributed by atoms with Crippen LogP contribution in [0.25, 0.3) is 11.6 Å². The summed E-state index contributed by atoms with van der Waals surface area (Å²) in [6.07, 6.45) is 4.94. The van der Waals surface area contributed by atoms with Gasteiger partial charge >= 0.3 is 5.97 Å². The highest BCUT2D eigenvalue weighted by Gasteiger charge is 2.43. The van der Waals surface area contributed by atoms with Gasteiger partial charge in [-0.05, 0) is 68.2 Å². The molecule has 1 saturated carbocycles. The van der Waals surface area contributed by atoms with Crippen LogP contribution < -0.4 is 24.8 Å². The maximum atomic E-state index is 13.4. The molecule has 10 nitrogen and oxygen atoms in total. The van der Waals surface area contributed by atoms with Crippen molar-refractivity contribution in [3.05, 3.63) is 68.4 Å². The van der Waals surface area contributed by atoms with E-state index in [9.17, 15) is 24.9 Å². The zero-order valence-electron chi connectivity index (χ0n) is 25.9. The van der Waals surface area contributed by atoms with E-state index in [1.165, 1.54) is 0 Å². The number of ether oxygens (including phenoxy) is 4. The molecule has 238 valence electrons. The van der Waals surface area contributed by atoms with E-state index in [4.69, 9.17) is 18.9 Å². The number of ketones is 1. The zero-order valence-corrected chi connectivity index (χ0v) is 25.9. The van der Waals surface area contributed by atoms with Crippen LogP contribution in [0.15, 0.2) is 40.6 Å². The summed E-state index contributed by atoms with van der Waals surface area (Å²) in [5, 5.41) is 33.0. The summed E-state index contributed by atoms with van der Waals surface area (Å²) in [6.45, 7) is 5.43. The highest BCUT2D eigenvalue weighted by molar-refractivity contribution is 5.98. The molecule has 0 radical (unpaired) electrons. The first-order chi connectivity index (χ1) is 21.6. The van der Waals surface area contributed by atoms with Crippen LogP contribution in [0.1, 0.15) is 74.6 Å². The molecule has 45 heavy (non-hydrogen) atoms. The molecule has 2 aromatic carbocycles. The van der Waals surface area contributed by atoms with Crippen molar-refractivity contribution < 1.29 is 43.9 Å². The third kappa shape index (κ3) is 5.78. The quantitative estimate of drug-likeness (QED) is 0.286. The number of rotatable bonds is 9. The summed E-state index contributed by atoms with van der Waals surface area (Å²) in [6, 6.07) is 5.95. The third-order valence-corrected chi connectivity index (χ3v) is 8.85. The molecule has 2 atom stereocenters. The summed E-state index contributed by atoms with van der Waals surface area (Å²) in [5.74, 6) is 0.0326. The van der Waals surface area contributed by atoms with Crippen molar-refractivity contribution >= 4 is 23.4 Å². The van der Waals surface area contributed by atoms with Crippen LogP contribution in [0.2, 0.25) is 0 Å². The van der Waals surface area contributed by atoms with Crippen molar-refractivity contribution in [2.75, 3.05) is 26.4 Å². The number of esters is 1. The molecule has 10 heteroatoms. The van der Waals surface area contributed by atoms with Crippen molar-refractivity contribution in [1.82, 2.24) is 0 Å². The van der Waals surface area contributed by atoms with Gasteiger partial charge in [0.15, 0.2) is 0 Å². The maximum Gasteiger partial charge on any atom is 0.374 e. The predicted molar refractivity (Wildman–Crippen MR) is 164 cm³/mol. The van der Waals surface area contributed by atoms with Crippen LogP contribution in [-0.2, 0) is 27.4 Å². The average Bonchev–Trinajstić information content (AvgIpc) is 3.68. The molecule has 6 rings (SSSR count). The molecule has 0 spiro atoms. The van der Waals surface area contributed by atoms with Crippen LogP contribution >= 0.6 is 0 Å². The lowest BCUT2D eigenvalue weighted by atomic mass is 9.76. The lowest BCUT2D eigenvalue weighted by molar-refractivity contribution is -0.141. The van der Waals surface area contributed by atoms with E-state index in [2.05, 4.69) is 4.99 Å². The van der Waals surface area contributed by atoms with Crippen LogP contribution in [-0.4, -0.2) is 65.1 Å². The smallest absolute Gasteiger partial charge is 0.374 e. The first-order valence-electron chi connectivity index (χ1n) is 15.6. The number of hydrogen-bond acceptors (Lipinski definition) is 10. The molecule has 0 amide bonds. The van der Waals surface area contributed by atoms with E-state index in [-0.39, 0.29) is 43.0 Å². The molecule has 3 heterocycles. The number of nitrogens with zero attached hydrogens (tertiary/aromatic N) is 1. The number of Topliss-reactive ketones (excluding diaryl/α,β-unsaturated/α-hetero) is 1. The number of carbonyl (C=O) groups is 2. The number of carbonyl (C=O) groups excluding carboxylic acids is 2. The molecule has 0 aromatic heterocycles. The molecule has 1 fully saturated rings. The Morgan fingerprint density at radius 2 is 1.98 bits per heavy atom. The summed E-state index contributed by atoms with van der Waals surface area (Å²) in [7, 11) is 0. The minimum absolute atomic E-state index is 0.0537. The van der Waals surface area contributed by atoms with E-state index in [1.807, 2.05) is 24.3 Å². The van der Waals surface area contributed by atoms with Crippen molar-refractivity contribution in [2.24, 2.45) is 4.99 Å². The Morgan fingerprint density at radius 1 is 1.16 bits per heavy atom. The number of aliphatic hydroxyl groups excluding tert-OH is 2. The summed E-state index contributed by atoms with van der Waals surface area (Å²) in [4.78, 5) is 30.9. The van der Waals surface area contributed by atoms with E-state index in [0.717, 1.165) is 21.7 Å². The predicted octanol–water partition coefficient (Wildman–Crippen LogP) is 2.56. The van der Waals surface area contributed by atoms with Crippen LogP contribution in [0.4, 0.5) is 0 Å². The number of hydrogen-bond donors (Lipinski definition) is 3. The zero-order chi connectivity index (χ0) is 31.9. The van der Waals surface area contributed by atoms with Gasteiger partial charge in [-0.1, -0.05) is 17.7 Å². The van der Waals surface area contributed by atoms with Gasteiger partial charge in [0.1, 0.15) is 29.1 Å². The largest absolute Gasteiger partial charge is 0.492 e. The maximum absolute atomic E-state index is 13.4. The normalized spacial score (nSPS) is 21.8. The van der Waals surface area contributed by atoms with Gasteiger partial charge in [0.05, 0.1) is 48.5 Å². The van der Waals surface area contributed by atoms with E-state index < -0.39 is 24.3 Å². The second kappa shape index (κ2) is 12.4. The first-order valence-corrected chi connectivity index (χ1v) is 15.6. The molecule has 4 aliphatic rings. The van der Waals surface area contributed by atoms with Crippen LogP contribution in [0, 0.1) is 0 Å². The number of aliphatic hydroxyl groups is 3. The molecule has 2 unspecified atom stereocenters. The molecule has 2 aromatic rings. The Bertz CT molecular complexity index is 1730. The van der Waals surface area contributed by atoms with Gasteiger partial charge in [-0.25, -0.2) is 4.79 Å². The van der Waals surface area contributed by atoms with E-state index in [0.29, 0.717) is 72.4 Å². The van der Waals surface area contributed by atoms with Gasteiger partial charge in [0.25, 0.3) is 0 Å². The second-order valence-electron chi connectivity index (χ2n) is 12.3. The second-order valence-corrected chi connectivity index (χ2v) is 12.3.